The van der Waals surface area contributed by atoms with Crippen molar-refractivity contribution in [3.05, 3.63) is 29.8 Å². The van der Waals surface area contributed by atoms with E-state index in [0.29, 0.717) is 25.1 Å². The predicted octanol–water partition coefficient (Wildman–Crippen LogP) is 2.91. The van der Waals surface area contributed by atoms with Gasteiger partial charge in [0.1, 0.15) is 5.75 Å². The van der Waals surface area contributed by atoms with Crippen molar-refractivity contribution in [2.24, 2.45) is 11.3 Å². The maximum atomic E-state index is 13.7. The highest BCUT2D eigenvalue weighted by atomic mass is 16.5. The molecule has 31 heavy (non-hydrogen) atoms. The Balaban J connectivity index is 1.47. The van der Waals surface area contributed by atoms with Crippen molar-refractivity contribution in [3.63, 3.8) is 0 Å². The van der Waals surface area contributed by atoms with Crippen LogP contribution in [0.5, 0.6) is 5.75 Å². The van der Waals surface area contributed by atoms with Crippen molar-refractivity contribution in [2.75, 3.05) is 52.5 Å². The first-order chi connectivity index (χ1) is 15.2. The van der Waals surface area contributed by atoms with E-state index in [1.54, 1.807) is 0 Å². The van der Waals surface area contributed by atoms with E-state index in [1.807, 2.05) is 25.1 Å². The van der Waals surface area contributed by atoms with Crippen LogP contribution in [0.4, 0.5) is 0 Å². The first-order valence-electron chi connectivity index (χ1n) is 12.2. The predicted molar refractivity (Wildman–Crippen MR) is 122 cm³/mol. The number of hydrogen-bond donors (Lipinski definition) is 1. The van der Waals surface area contributed by atoms with Gasteiger partial charge in [0.2, 0.25) is 5.91 Å². The van der Waals surface area contributed by atoms with Gasteiger partial charge < -0.3 is 19.7 Å². The minimum absolute atomic E-state index is 0.238. The van der Waals surface area contributed by atoms with E-state index in [0.717, 1.165) is 82.9 Å². The van der Waals surface area contributed by atoms with Gasteiger partial charge >= 0.3 is 0 Å². The summed E-state index contributed by atoms with van der Waals surface area (Å²) >= 11 is 0. The highest BCUT2D eigenvalue weighted by molar-refractivity contribution is 5.83. The highest BCUT2D eigenvalue weighted by Crippen LogP contribution is 2.48. The van der Waals surface area contributed by atoms with Crippen molar-refractivity contribution in [3.8, 4) is 5.75 Å². The fraction of sp³-hybridized carbons (Fsp3) is 0.720. The van der Waals surface area contributed by atoms with Crippen LogP contribution in [0, 0.1) is 11.3 Å². The van der Waals surface area contributed by atoms with Crippen molar-refractivity contribution in [1.82, 2.24) is 15.1 Å². The molecule has 6 heteroatoms. The molecular formula is C25H39N3O3. The monoisotopic (exact) mass is 429 g/mol. The van der Waals surface area contributed by atoms with Crippen molar-refractivity contribution >= 4 is 5.91 Å². The lowest BCUT2D eigenvalue weighted by Gasteiger charge is -2.53. The van der Waals surface area contributed by atoms with E-state index in [4.69, 9.17) is 9.47 Å². The van der Waals surface area contributed by atoms with Crippen LogP contribution in [0.25, 0.3) is 0 Å². The lowest BCUT2D eigenvalue weighted by atomic mass is 9.61. The molecule has 3 atom stereocenters. The molecule has 6 nitrogen and oxygen atoms in total. The van der Waals surface area contributed by atoms with Crippen LogP contribution in [-0.2, 0) is 16.1 Å². The van der Waals surface area contributed by atoms with Gasteiger partial charge in [-0.15, -0.1) is 0 Å². The van der Waals surface area contributed by atoms with Gasteiger partial charge in [0.15, 0.2) is 0 Å². The number of ether oxygens (including phenoxy) is 2. The van der Waals surface area contributed by atoms with Crippen LogP contribution in [-0.4, -0.2) is 74.3 Å². The number of fused-ring (bicyclic) bond motifs is 1. The zero-order chi connectivity index (χ0) is 21.7. The smallest absolute Gasteiger partial charge is 0.228 e. The Morgan fingerprint density at radius 2 is 2.00 bits per heavy atom. The number of piperidine rings is 1. The van der Waals surface area contributed by atoms with Crippen LogP contribution < -0.4 is 10.1 Å². The Kier molecular flexibility index (Phi) is 7.51. The maximum absolute atomic E-state index is 13.7. The van der Waals surface area contributed by atoms with Crippen LogP contribution in [0.15, 0.2) is 24.3 Å². The second-order valence-corrected chi connectivity index (χ2v) is 9.31. The maximum Gasteiger partial charge on any atom is 0.228 e. The number of morpholine rings is 1. The lowest BCUT2D eigenvalue weighted by Crippen LogP contribution is -2.60. The number of nitrogens with zero attached hydrogens (tertiary/aromatic N) is 2. The molecule has 0 bridgehead atoms. The summed E-state index contributed by atoms with van der Waals surface area (Å²) in [6.07, 6.45) is 4.35. The summed E-state index contributed by atoms with van der Waals surface area (Å²) in [5, 5.41) is 3.32. The van der Waals surface area contributed by atoms with Crippen LogP contribution in [0.1, 0.15) is 45.1 Å². The Bertz CT molecular complexity index is 736. The second kappa shape index (κ2) is 10.3. The molecule has 1 amide bonds. The van der Waals surface area contributed by atoms with E-state index in [9.17, 15) is 4.79 Å². The van der Waals surface area contributed by atoms with Gasteiger partial charge in [0, 0.05) is 37.8 Å². The van der Waals surface area contributed by atoms with Gasteiger partial charge in [-0.1, -0.05) is 25.1 Å². The highest BCUT2D eigenvalue weighted by Gasteiger charge is 2.52. The number of amides is 1. The zero-order valence-corrected chi connectivity index (χ0v) is 19.3. The van der Waals surface area contributed by atoms with Crippen molar-refractivity contribution < 1.29 is 14.3 Å². The summed E-state index contributed by atoms with van der Waals surface area (Å²) in [4.78, 5) is 18.8. The summed E-state index contributed by atoms with van der Waals surface area (Å²) < 4.78 is 11.3. The third-order valence-corrected chi connectivity index (χ3v) is 7.73. The van der Waals surface area contributed by atoms with Crippen LogP contribution in [0.3, 0.4) is 0 Å². The third-order valence-electron chi connectivity index (χ3n) is 7.73. The second-order valence-electron chi connectivity index (χ2n) is 9.31. The number of benzene rings is 1. The number of carbonyl (C=O) groups excluding carboxylic acids is 1. The minimum atomic E-state index is -0.266. The first kappa shape index (κ1) is 22.6. The molecule has 3 aliphatic rings. The van der Waals surface area contributed by atoms with Gasteiger partial charge in [-0.2, -0.15) is 0 Å². The summed E-state index contributed by atoms with van der Waals surface area (Å²) in [7, 11) is 0. The normalized spacial score (nSPS) is 29.9. The molecule has 0 aromatic heterocycles. The average Bonchev–Trinajstić information content (AvgIpc) is 2.83. The molecule has 0 unspecified atom stereocenters. The summed E-state index contributed by atoms with van der Waals surface area (Å²) in [5.41, 5.74) is 0.785. The molecule has 0 radical (unpaired) electrons. The fourth-order valence-corrected chi connectivity index (χ4v) is 5.93. The summed E-state index contributed by atoms with van der Waals surface area (Å²) in [5.74, 6) is 1.57. The van der Waals surface area contributed by atoms with Gasteiger partial charge in [-0.05, 0) is 57.7 Å². The zero-order valence-electron chi connectivity index (χ0n) is 19.3. The SMILES string of the molecule is CCOc1ccccc1CNC(=O)[C@@]12CC[C@H](N3CCOCC3)C[C@H]1CCN(CC)C2. The number of hydrogen-bond acceptors (Lipinski definition) is 5. The van der Waals surface area contributed by atoms with E-state index in [-0.39, 0.29) is 11.3 Å². The molecular weight excluding hydrogens is 390 g/mol. The first-order valence-corrected chi connectivity index (χ1v) is 12.2. The van der Waals surface area contributed by atoms with E-state index < -0.39 is 0 Å². The average molecular weight is 430 g/mol. The molecule has 3 fully saturated rings. The number of rotatable bonds is 7. The number of para-hydroxylation sites is 1. The van der Waals surface area contributed by atoms with Crippen molar-refractivity contribution in [2.45, 2.75) is 52.1 Å². The molecule has 1 aliphatic carbocycles. The molecule has 1 aromatic rings. The standard InChI is InChI=1S/C25H39N3O3/c1-3-27-12-10-21-17-22(28-13-15-30-16-14-28)9-11-25(21,19-27)24(29)26-18-20-7-5-6-8-23(20)31-4-2/h5-8,21-22H,3-4,9-19H2,1-2H3,(H,26,29)/t21-,22+,25-/m1/s1. The Morgan fingerprint density at radius 1 is 1.19 bits per heavy atom. The van der Waals surface area contributed by atoms with Gasteiger partial charge in [0.25, 0.3) is 0 Å². The van der Waals surface area contributed by atoms with Gasteiger partial charge in [0.05, 0.1) is 25.2 Å². The van der Waals surface area contributed by atoms with E-state index in [2.05, 4.69) is 28.1 Å². The fourth-order valence-electron chi connectivity index (χ4n) is 5.93. The molecule has 4 rings (SSSR count). The minimum Gasteiger partial charge on any atom is -0.494 e. The summed E-state index contributed by atoms with van der Waals surface area (Å²) in [6.45, 7) is 12.1. The number of carbonyl (C=O) groups is 1. The topological polar surface area (TPSA) is 54.0 Å². The molecule has 172 valence electrons. The van der Waals surface area contributed by atoms with Crippen LogP contribution >= 0.6 is 0 Å². The Hall–Kier alpha value is -1.63. The third kappa shape index (κ3) is 4.91. The number of nitrogens with one attached hydrogen (secondary N) is 1. The van der Waals surface area contributed by atoms with Gasteiger partial charge in [-0.3, -0.25) is 9.69 Å². The van der Waals surface area contributed by atoms with Crippen LogP contribution in [0.2, 0.25) is 0 Å². The lowest BCUT2D eigenvalue weighted by molar-refractivity contribution is -0.145. The number of likely N-dealkylation sites (tertiary alicyclic amines) is 1. The molecule has 2 aliphatic heterocycles. The van der Waals surface area contributed by atoms with E-state index >= 15 is 0 Å². The van der Waals surface area contributed by atoms with E-state index in [1.165, 1.54) is 0 Å². The molecule has 2 saturated heterocycles. The Morgan fingerprint density at radius 3 is 2.77 bits per heavy atom. The van der Waals surface area contributed by atoms with Crippen molar-refractivity contribution in [1.29, 1.82) is 0 Å². The Labute approximate surface area is 187 Å². The molecule has 1 N–H and O–H groups in total. The molecule has 2 heterocycles. The largest absolute Gasteiger partial charge is 0.494 e. The van der Waals surface area contributed by atoms with Gasteiger partial charge in [-0.25, -0.2) is 0 Å². The summed E-state index contributed by atoms with van der Waals surface area (Å²) in [6, 6.07) is 8.63. The molecule has 1 aromatic carbocycles. The molecule has 0 spiro atoms. The molecule has 1 saturated carbocycles. The quantitative estimate of drug-likeness (QED) is 0.722.